The van der Waals surface area contributed by atoms with Gasteiger partial charge in [0.05, 0.1) is 18.2 Å². The van der Waals surface area contributed by atoms with Crippen LogP contribution in [0, 0.1) is 0 Å². The van der Waals surface area contributed by atoms with Crippen molar-refractivity contribution >= 4 is 17.3 Å². The van der Waals surface area contributed by atoms with E-state index in [2.05, 4.69) is 10.6 Å². The molecule has 12 heavy (non-hydrogen) atoms. The van der Waals surface area contributed by atoms with E-state index in [1.807, 2.05) is 7.05 Å². The molecule has 0 aromatic heterocycles. The molecule has 2 N–H and O–H groups in total. The molecular formula is C8H14N2OS. The lowest BCUT2D eigenvalue weighted by atomic mass is 9.96. The van der Waals surface area contributed by atoms with Gasteiger partial charge < -0.3 is 15.4 Å². The maximum atomic E-state index is 5.68. The van der Waals surface area contributed by atoms with Gasteiger partial charge in [0, 0.05) is 7.05 Å². The summed E-state index contributed by atoms with van der Waals surface area (Å²) in [7, 11) is 1.84. The molecule has 3 nitrogen and oxygen atoms in total. The van der Waals surface area contributed by atoms with Crippen molar-refractivity contribution in [1.82, 2.24) is 10.6 Å². The monoisotopic (exact) mass is 186 g/mol. The maximum absolute atomic E-state index is 5.68. The molecule has 3 atom stereocenters. The van der Waals surface area contributed by atoms with Gasteiger partial charge in [-0.25, -0.2) is 0 Å². The zero-order chi connectivity index (χ0) is 8.55. The summed E-state index contributed by atoms with van der Waals surface area (Å²) in [5.74, 6) is 0. The van der Waals surface area contributed by atoms with E-state index >= 15 is 0 Å². The van der Waals surface area contributed by atoms with E-state index in [-0.39, 0.29) is 0 Å². The van der Waals surface area contributed by atoms with Gasteiger partial charge in [-0.15, -0.1) is 0 Å². The van der Waals surface area contributed by atoms with E-state index in [1.54, 1.807) is 0 Å². The van der Waals surface area contributed by atoms with Crippen molar-refractivity contribution in [3.8, 4) is 0 Å². The fourth-order valence-electron chi connectivity index (χ4n) is 2.03. The van der Waals surface area contributed by atoms with Gasteiger partial charge in [-0.1, -0.05) is 0 Å². The Labute approximate surface area is 77.9 Å². The third kappa shape index (κ3) is 1.41. The molecule has 3 unspecified atom stereocenters. The summed E-state index contributed by atoms with van der Waals surface area (Å²) in [6, 6.07) is 0.448. The third-order valence-electron chi connectivity index (χ3n) is 2.65. The molecule has 0 aromatic rings. The Bertz CT molecular complexity index is 197. The van der Waals surface area contributed by atoms with E-state index in [0.29, 0.717) is 18.2 Å². The Morgan fingerprint density at radius 3 is 2.83 bits per heavy atom. The van der Waals surface area contributed by atoms with E-state index in [0.717, 1.165) is 11.5 Å². The minimum atomic E-state index is 0.404. The first kappa shape index (κ1) is 8.26. The highest BCUT2D eigenvalue weighted by Crippen LogP contribution is 2.34. The molecule has 0 radical (unpaired) electrons. The number of fused-ring (bicyclic) bond motifs is 2. The van der Waals surface area contributed by atoms with Gasteiger partial charge in [-0.05, 0) is 31.5 Å². The molecule has 2 heterocycles. The van der Waals surface area contributed by atoms with E-state index in [4.69, 9.17) is 17.0 Å². The molecule has 0 aromatic carbocycles. The summed E-state index contributed by atoms with van der Waals surface area (Å²) >= 11 is 5.03. The lowest BCUT2D eigenvalue weighted by molar-refractivity contribution is 0.0993. The average molecular weight is 186 g/mol. The smallest absolute Gasteiger partial charge is 0.166 e. The molecule has 2 rings (SSSR count). The summed E-state index contributed by atoms with van der Waals surface area (Å²) in [5.41, 5.74) is 0. The molecule has 0 amide bonds. The van der Waals surface area contributed by atoms with Crippen molar-refractivity contribution in [3.05, 3.63) is 0 Å². The number of hydrogen-bond donors (Lipinski definition) is 2. The van der Waals surface area contributed by atoms with Gasteiger partial charge >= 0.3 is 0 Å². The second-order valence-corrected chi connectivity index (χ2v) is 3.85. The van der Waals surface area contributed by atoms with Gasteiger partial charge in [0.1, 0.15) is 0 Å². The van der Waals surface area contributed by atoms with Crippen LogP contribution in [0.2, 0.25) is 0 Å². The Morgan fingerprint density at radius 1 is 1.50 bits per heavy atom. The largest absolute Gasteiger partial charge is 0.373 e. The van der Waals surface area contributed by atoms with Crippen molar-refractivity contribution in [2.45, 2.75) is 37.5 Å². The highest BCUT2D eigenvalue weighted by atomic mass is 32.1. The van der Waals surface area contributed by atoms with Crippen molar-refractivity contribution in [1.29, 1.82) is 0 Å². The maximum Gasteiger partial charge on any atom is 0.166 e. The molecule has 2 saturated heterocycles. The highest BCUT2D eigenvalue weighted by molar-refractivity contribution is 7.80. The van der Waals surface area contributed by atoms with Gasteiger partial charge in [-0.2, -0.15) is 0 Å². The quantitative estimate of drug-likeness (QED) is 0.581. The van der Waals surface area contributed by atoms with Crippen molar-refractivity contribution < 1.29 is 4.74 Å². The lowest BCUT2D eigenvalue weighted by Gasteiger charge is -2.20. The Morgan fingerprint density at radius 2 is 2.33 bits per heavy atom. The van der Waals surface area contributed by atoms with Crippen LogP contribution in [-0.4, -0.2) is 30.4 Å². The van der Waals surface area contributed by atoms with Gasteiger partial charge in [-0.3, -0.25) is 0 Å². The van der Waals surface area contributed by atoms with Crippen LogP contribution >= 0.6 is 12.2 Å². The highest BCUT2D eigenvalue weighted by Gasteiger charge is 2.40. The molecule has 0 saturated carbocycles. The molecule has 2 aliphatic heterocycles. The molecular weight excluding hydrogens is 172 g/mol. The van der Waals surface area contributed by atoms with Crippen molar-refractivity contribution in [2.24, 2.45) is 0 Å². The molecule has 2 fully saturated rings. The van der Waals surface area contributed by atoms with Gasteiger partial charge in [0.25, 0.3) is 0 Å². The zero-order valence-corrected chi connectivity index (χ0v) is 7.99. The van der Waals surface area contributed by atoms with Gasteiger partial charge in [0.15, 0.2) is 5.11 Å². The molecule has 0 spiro atoms. The van der Waals surface area contributed by atoms with E-state index in [1.165, 1.54) is 12.8 Å². The lowest BCUT2D eigenvalue weighted by Crippen LogP contribution is -2.45. The Kier molecular flexibility index (Phi) is 2.19. The fourth-order valence-corrected chi connectivity index (χ4v) is 2.18. The first-order chi connectivity index (χ1) is 5.79. The van der Waals surface area contributed by atoms with Crippen LogP contribution in [0.1, 0.15) is 19.3 Å². The number of rotatable bonds is 1. The summed E-state index contributed by atoms with van der Waals surface area (Å²) in [4.78, 5) is 0. The minimum Gasteiger partial charge on any atom is -0.373 e. The Hall–Kier alpha value is -0.350. The zero-order valence-electron chi connectivity index (χ0n) is 7.17. The molecule has 68 valence electrons. The van der Waals surface area contributed by atoms with Crippen molar-refractivity contribution in [3.63, 3.8) is 0 Å². The third-order valence-corrected chi connectivity index (χ3v) is 2.97. The van der Waals surface area contributed by atoms with E-state index < -0.39 is 0 Å². The van der Waals surface area contributed by atoms with Gasteiger partial charge in [0.2, 0.25) is 0 Å². The van der Waals surface area contributed by atoms with Crippen LogP contribution in [-0.2, 0) is 4.74 Å². The number of hydrogen-bond acceptors (Lipinski definition) is 2. The molecule has 4 heteroatoms. The summed E-state index contributed by atoms with van der Waals surface area (Å²) in [6.07, 6.45) is 4.43. The number of ether oxygens (including phenoxy) is 1. The predicted octanol–water partition coefficient (Wildman–Crippen LogP) is 0.400. The van der Waals surface area contributed by atoms with Crippen LogP contribution < -0.4 is 10.6 Å². The standard InChI is InChI=1S/C8H14N2OS/c1-9-8(12)10-6-4-5-2-3-7(6)11-5/h5-7H,2-4H2,1H3,(H2,9,10,12). The van der Waals surface area contributed by atoms with Crippen LogP contribution in [0.5, 0.6) is 0 Å². The van der Waals surface area contributed by atoms with Crippen molar-refractivity contribution in [2.75, 3.05) is 7.05 Å². The topological polar surface area (TPSA) is 33.3 Å². The second-order valence-electron chi connectivity index (χ2n) is 3.44. The molecule has 0 aliphatic carbocycles. The molecule has 2 aliphatic rings. The summed E-state index contributed by atoms with van der Waals surface area (Å²) < 4.78 is 5.68. The number of thiocarbonyl (C=S) groups is 1. The SMILES string of the molecule is CNC(=S)NC1CC2CCC1O2. The number of nitrogens with one attached hydrogen (secondary N) is 2. The fraction of sp³-hybridized carbons (Fsp3) is 0.875. The van der Waals surface area contributed by atoms with Crippen LogP contribution in [0.3, 0.4) is 0 Å². The van der Waals surface area contributed by atoms with Crippen LogP contribution in [0.4, 0.5) is 0 Å². The Balaban J connectivity index is 1.86. The minimum absolute atomic E-state index is 0.404. The molecule has 2 bridgehead atoms. The normalized spacial score (nSPS) is 38.2. The average Bonchev–Trinajstić information content (AvgIpc) is 2.64. The summed E-state index contributed by atoms with van der Waals surface area (Å²) in [5, 5.41) is 6.90. The van der Waals surface area contributed by atoms with Crippen LogP contribution in [0.25, 0.3) is 0 Å². The first-order valence-corrected chi connectivity index (χ1v) is 4.84. The van der Waals surface area contributed by atoms with Crippen LogP contribution in [0.15, 0.2) is 0 Å². The second kappa shape index (κ2) is 3.18. The van der Waals surface area contributed by atoms with E-state index in [9.17, 15) is 0 Å². The summed E-state index contributed by atoms with van der Waals surface area (Å²) in [6.45, 7) is 0. The predicted molar refractivity (Wildman–Crippen MR) is 51.1 cm³/mol. The first-order valence-electron chi connectivity index (χ1n) is 4.43.